The molecule has 5 rings (SSSR count). The zero-order valence-corrected chi connectivity index (χ0v) is 18.8. The molecule has 2 heterocycles. The molecule has 3 aromatic rings. The fourth-order valence-electron chi connectivity index (χ4n) is 5.06. The van der Waals surface area contributed by atoms with Crippen LogP contribution >= 0.6 is 0 Å². The Morgan fingerprint density at radius 3 is 2.59 bits per heavy atom. The minimum atomic E-state index is -0.790. The summed E-state index contributed by atoms with van der Waals surface area (Å²) < 4.78 is 2.05. The number of carbonyl (C=O) groups is 2. The molecule has 0 bridgehead atoms. The molecule has 1 saturated carbocycles. The Balaban J connectivity index is 1.63. The van der Waals surface area contributed by atoms with Crippen molar-refractivity contribution in [2.45, 2.75) is 71.0 Å². The number of nitrogens with zero attached hydrogens (tertiary/aromatic N) is 3. The van der Waals surface area contributed by atoms with Crippen molar-refractivity contribution in [2.75, 3.05) is 4.90 Å². The molecule has 1 unspecified atom stereocenters. The van der Waals surface area contributed by atoms with Crippen molar-refractivity contribution in [1.29, 1.82) is 0 Å². The maximum absolute atomic E-state index is 13.8. The van der Waals surface area contributed by atoms with Crippen molar-refractivity contribution in [3.05, 3.63) is 59.4 Å². The molecule has 0 saturated heterocycles. The van der Waals surface area contributed by atoms with Crippen molar-refractivity contribution >= 4 is 28.5 Å². The molecule has 2 amide bonds. The molecule has 1 aromatic heterocycles. The molecule has 2 aliphatic rings. The van der Waals surface area contributed by atoms with E-state index in [1.54, 1.807) is 4.90 Å². The number of hydrogen-bond donors (Lipinski definition) is 1. The summed E-state index contributed by atoms with van der Waals surface area (Å²) in [6.45, 7) is 4.60. The normalized spacial score (nSPS) is 19.6. The lowest BCUT2D eigenvalue weighted by Crippen LogP contribution is -2.47. The Morgan fingerprint density at radius 1 is 1.03 bits per heavy atom. The molecule has 6 nitrogen and oxygen atoms in total. The first-order valence-corrected chi connectivity index (χ1v) is 11.7. The van der Waals surface area contributed by atoms with Crippen LogP contribution in [-0.4, -0.2) is 27.4 Å². The van der Waals surface area contributed by atoms with Gasteiger partial charge in [-0.1, -0.05) is 37.5 Å². The molecule has 2 aromatic carbocycles. The number of rotatable bonds is 3. The lowest BCUT2D eigenvalue weighted by Gasteiger charge is -2.31. The van der Waals surface area contributed by atoms with Crippen LogP contribution in [-0.2, 0) is 16.1 Å². The van der Waals surface area contributed by atoms with Gasteiger partial charge in [-0.2, -0.15) is 0 Å². The Hall–Kier alpha value is -3.15. The monoisotopic (exact) mass is 430 g/mol. The van der Waals surface area contributed by atoms with Crippen molar-refractivity contribution in [3.63, 3.8) is 0 Å². The summed E-state index contributed by atoms with van der Waals surface area (Å²) in [5.74, 6) is 0.456. The van der Waals surface area contributed by atoms with Gasteiger partial charge in [0.1, 0.15) is 5.82 Å². The van der Waals surface area contributed by atoms with Crippen LogP contribution < -0.4 is 10.2 Å². The second-order valence-electron chi connectivity index (χ2n) is 9.14. The zero-order valence-electron chi connectivity index (χ0n) is 18.8. The molecule has 6 heteroatoms. The van der Waals surface area contributed by atoms with Crippen LogP contribution in [0.5, 0.6) is 0 Å². The largest absolute Gasteiger partial charge is 0.351 e. The van der Waals surface area contributed by atoms with Crippen molar-refractivity contribution < 1.29 is 9.59 Å². The number of amides is 2. The number of hydrogen-bond acceptors (Lipinski definition) is 3. The molecule has 0 radical (unpaired) electrons. The highest BCUT2D eigenvalue weighted by Gasteiger charge is 2.39. The van der Waals surface area contributed by atoms with Crippen LogP contribution in [0.1, 0.15) is 61.5 Å². The molecule has 1 atom stereocenters. The summed E-state index contributed by atoms with van der Waals surface area (Å²) in [4.78, 5) is 33.8. The van der Waals surface area contributed by atoms with Gasteiger partial charge in [0.25, 0.3) is 5.91 Å². The third-order valence-corrected chi connectivity index (χ3v) is 6.97. The first-order valence-electron chi connectivity index (χ1n) is 11.7. The van der Waals surface area contributed by atoms with Crippen LogP contribution in [0.15, 0.2) is 42.5 Å². The summed E-state index contributed by atoms with van der Waals surface area (Å²) in [7, 11) is 0. The number of nitrogens with one attached hydrogen (secondary N) is 1. The second kappa shape index (κ2) is 8.41. The molecule has 0 spiro atoms. The lowest BCUT2D eigenvalue weighted by atomic mass is 9.95. The van der Waals surface area contributed by atoms with E-state index < -0.39 is 6.04 Å². The predicted molar refractivity (Wildman–Crippen MR) is 126 cm³/mol. The van der Waals surface area contributed by atoms with E-state index in [1.165, 1.54) is 6.42 Å². The Bertz CT molecular complexity index is 1180. The van der Waals surface area contributed by atoms with Gasteiger partial charge in [-0.25, -0.2) is 4.98 Å². The van der Waals surface area contributed by atoms with Crippen molar-refractivity contribution in [2.24, 2.45) is 0 Å². The van der Waals surface area contributed by atoms with Gasteiger partial charge in [-0.05, 0) is 62.1 Å². The average molecular weight is 431 g/mol. The minimum absolute atomic E-state index is 0.0494. The predicted octanol–water partition coefficient (Wildman–Crippen LogP) is 4.58. The Morgan fingerprint density at radius 2 is 1.81 bits per heavy atom. The fraction of sp³-hybridized carbons (Fsp3) is 0.423. The van der Waals surface area contributed by atoms with E-state index in [2.05, 4.69) is 16.8 Å². The molecular weight excluding hydrogens is 400 g/mol. The third kappa shape index (κ3) is 3.68. The lowest BCUT2D eigenvalue weighted by molar-refractivity contribution is -0.127. The molecule has 32 heavy (non-hydrogen) atoms. The summed E-state index contributed by atoms with van der Waals surface area (Å²) in [6.07, 6.45) is 5.80. The molecule has 1 aliphatic carbocycles. The number of benzene rings is 2. The highest BCUT2D eigenvalue weighted by atomic mass is 16.2. The van der Waals surface area contributed by atoms with Gasteiger partial charge in [-0.15, -0.1) is 0 Å². The number of aryl methyl sites for hydroxylation is 3. The fourth-order valence-corrected chi connectivity index (χ4v) is 5.06. The van der Waals surface area contributed by atoms with Crippen LogP contribution in [0.2, 0.25) is 0 Å². The summed E-state index contributed by atoms with van der Waals surface area (Å²) >= 11 is 0. The second-order valence-corrected chi connectivity index (χ2v) is 9.14. The van der Waals surface area contributed by atoms with E-state index in [1.807, 2.05) is 49.4 Å². The van der Waals surface area contributed by atoms with Gasteiger partial charge in [0.2, 0.25) is 5.91 Å². The van der Waals surface area contributed by atoms with Gasteiger partial charge >= 0.3 is 0 Å². The standard InChI is InChI=1S/C26H30N4O2/c1-17-12-13-20(16-18(17)2)30-23(31)14-15-29-22-11-7-6-10-21(22)28-25(29)24(30)26(32)27-19-8-4-3-5-9-19/h6-7,10-13,16,19,24H,3-5,8-9,14-15H2,1-2H3,(H,27,32). The van der Waals surface area contributed by atoms with Gasteiger partial charge in [0, 0.05) is 24.7 Å². The van der Waals surface area contributed by atoms with E-state index in [0.29, 0.717) is 18.8 Å². The number of anilines is 1. The third-order valence-electron chi connectivity index (χ3n) is 6.97. The number of carbonyl (C=O) groups excluding carboxylic acids is 2. The highest BCUT2D eigenvalue weighted by Crippen LogP contribution is 2.34. The minimum Gasteiger partial charge on any atom is -0.351 e. The van der Waals surface area contributed by atoms with Crippen molar-refractivity contribution in [3.8, 4) is 0 Å². The summed E-state index contributed by atoms with van der Waals surface area (Å²) in [6, 6.07) is 13.2. The van der Waals surface area contributed by atoms with Gasteiger partial charge in [0.05, 0.1) is 11.0 Å². The van der Waals surface area contributed by atoms with Gasteiger partial charge in [-0.3, -0.25) is 14.5 Å². The SMILES string of the molecule is Cc1ccc(N2C(=O)CCn3c(nc4ccccc43)C2C(=O)NC2CCCCC2)cc1C. The van der Waals surface area contributed by atoms with Crippen LogP contribution in [0.3, 0.4) is 0 Å². The van der Waals surface area contributed by atoms with Crippen LogP contribution in [0.25, 0.3) is 11.0 Å². The summed E-state index contributed by atoms with van der Waals surface area (Å²) in [5.41, 5.74) is 4.83. The first kappa shape index (κ1) is 20.7. The molecule has 1 fully saturated rings. The molecule has 1 aliphatic heterocycles. The molecular formula is C26H30N4O2. The van der Waals surface area contributed by atoms with Gasteiger partial charge in [0.15, 0.2) is 6.04 Å². The van der Waals surface area contributed by atoms with E-state index in [4.69, 9.17) is 4.98 Å². The van der Waals surface area contributed by atoms with Crippen LogP contribution in [0.4, 0.5) is 5.69 Å². The summed E-state index contributed by atoms with van der Waals surface area (Å²) in [5, 5.41) is 3.26. The number of aromatic nitrogens is 2. The van der Waals surface area contributed by atoms with E-state index in [9.17, 15) is 9.59 Å². The Labute approximate surface area is 188 Å². The van der Waals surface area contributed by atoms with E-state index in [0.717, 1.165) is 53.5 Å². The Kier molecular flexibility index (Phi) is 5.45. The zero-order chi connectivity index (χ0) is 22.2. The molecule has 1 N–H and O–H groups in total. The highest BCUT2D eigenvalue weighted by molar-refractivity contribution is 6.02. The number of imidazole rings is 1. The van der Waals surface area contributed by atoms with E-state index in [-0.39, 0.29) is 17.9 Å². The topological polar surface area (TPSA) is 67.2 Å². The number of fused-ring (bicyclic) bond motifs is 3. The average Bonchev–Trinajstić information content (AvgIpc) is 3.09. The quantitative estimate of drug-likeness (QED) is 0.661. The van der Waals surface area contributed by atoms with E-state index >= 15 is 0 Å². The van der Waals surface area contributed by atoms with Gasteiger partial charge < -0.3 is 9.88 Å². The van der Waals surface area contributed by atoms with Crippen LogP contribution in [0, 0.1) is 13.8 Å². The number of para-hydroxylation sites is 2. The maximum atomic E-state index is 13.8. The molecule has 166 valence electrons. The van der Waals surface area contributed by atoms with Crippen molar-refractivity contribution in [1.82, 2.24) is 14.9 Å². The maximum Gasteiger partial charge on any atom is 0.251 e. The first-order chi connectivity index (χ1) is 15.5. The smallest absolute Gasteiger partial charge is 0.251 e.